The van der Waals surface area contributed by atoms with Gasteiger partial charge < -0.3 is 10.1 Å². The van der Waals surface area contributed by atoms with Gasteiger partial charge in [0.15, 0.2) is 6.61 Å². The van der Waals surface area contributed by atoms with Crippen molar-refractivity contribution < 1.29 is 27.5 Å². The van der Waals surface area contributed by atoms with Crippen molar-refractivity contribution in [2.75, 3.05) is 13.2 Å². The Hall–Kier alpha value is -2.84. The predicted molar refractivity (Wildman–Crippen MR) is 82.4 cm³/mol. The van der Waals surface area contributed by atoms with Gasteiger partial charge in [0.05, 0.1) is 17.1 Å². The fourth-order valence-corrected chi connectivity index (χ4v) is 2.21. The maximum absolute atomic E-state index is 12.2. The average Bonchev–Trinajstić information content (AvgIpc) is 2.85. The minimum absolute atomic E-state index is 0.174. The number of nitrogens with zero attached hydrogens (tertiary/aromatic N) is 2. The standard InChI is InChI=1S/C16H16F3N3O3/c1-10-14(11(2)22(21-10)12-6-4-3-5-7-12)15(24)25-8-13(23)20-9-16(17,18)19/h3-7H,8-9H2,1-2H3,(H,20,23). The highest BCUT2D eigenvalue weighted by molar-refractivity contribution is 5.93. The monoisotopic (exact) mass is 355 g/mol. The molecule has 0 spiro atoms. The van der Waals surface area contributed by atoms with Crippen molar-refractivity contribution in [2.45, 2.75) is 20.0 Å². The number of nitrogens with one attached hydrogen (secondary N) is 1. The molecule has 0 aliphatic carbocycles. The molecule has 0 saturated heterocycles. The third kappa shape index (κ3) is 4.82. The van der Waals surface area contributed by atoms with Gasteiger partial charge in [0.2, 0.25) is 0 Å². The van der Waals surface area contributed by atoms with Crippen molar-refractivity contribution in [2.24, 2.45) is 0 Å². The number of alkyl halides is 3. The molecule has 25 heavy (non-hydrogen) atoms. The quantitative estimate of drug-likeness (QED) is 0.836. The first-order valence-electron chi connectivity index (χ1n) is 7.31. The van der Waals surface area contributed by atoms with Gasteiger partial charge in [0, 0.05) is 0 Å². The second kappa shape index (κ2) is 7.37. The Bertz CT molecular complexity index is 770. The zero-order valence-corrected chi connectivity index (χ0v) is 13.6. The van der Waals surface area contributed by atoms with E-state index in [1.165, 1.54) is 0 Å². The van der Waals surface area contributed by atoms with Crippen molar-refractivity contribution in [3.63, 3.8) is 0 Å². The Morgan fingerprint density at radius 2 is 1.84 bits per heavy atom. The van der Waals surface area contributed by atoms with Gasteiger partial charge in [-0.3, -0.25) is 4.79 Å². The lowest BCUT2D eigenvalue weighted by Crippen LogP contribution is -2.36. The molecule has 0 aliphatic rings. The Balaban J connectivity index is 2.05. The molecule has 9 heteroatoms. The smallest absolute Gasteiger partial charge is 0.405 e. The number of amides is 1. The van der Waals surface area contributed by atoms with Gasteiger partial charge in [0.1, 0.15) is 12.1 Å². The fourth-order valence-electron chi connectivity index (χ4n) is 2.21. The number of carbonyl (C=O) groups excluding carboxylic acids is 2. The summed E-state index contributed by atoms with van der Waals surface area (Å²) in [5, 5.41) is 5.89. The minimum atomic E-state index is -4.52. The van der Waals surface area contributed by atoms with Gasteiger partial charge in [-0.1, -0.05) is 18.2 Å². The van der Waals surface area contributed by atoms with Crippen LogP contribution in [0.25, 0.3) is 5.69 Å². The number of carbonyl (C=O) groups is 2. The van der Waals surface area contributed by atoms with Crippen LogP contribution in [0.15, 0.2) is 30.3 Å². The first kappa shape index (κ1) is 18.5. The van der Waals surface area contributed by atoms with E-state index in [0.717, 1.165) is 5.69 Å². The highest BCUT2D eigenvalue weighted by Gasteiger charge is 2.28. The highest BCUT2D eigenvalue weighted by atomic mass is 19.4. The second-order valence-corrected chi connectivity index (χ2v) is 5.26. The molecular formula is C16H16F3N3O3. The molecule has 0 bridgehead atoms. The third-order valence-electron chi connectivity index (χ3n) is 3.32. The van der Waals surface area contributed by atoms with Crippen molar-refractivity contribution in [3.8, 4) is 5.69 Å². The molecule has 0 fully saturated rings. The lowest BCUT2D eigenvalue weighted by Gasteiger charge is -2.09. The third-order valence-corrected chi connectivity index (χ3v) is 3.32. The Labute approximate surface area is 141 Å². The minimum Gasteiger partial charge on any atom is -0.452 e. The van der Waals surface area contributed by atoms with Crippen LogP contribution >= 0.6 is 0 Å². The van der Waals surface area contributed by atoms with Gasteiger partial charge in [-0.15, -0.1) is 0 Å². The summed E-state index contributed by atoms with van der Waals surface area (Å²) in [5.74, 6) is -1.85. The number of benzene rings is 1. The lowest BCUT2D eigenvalue weighted by atomic mass is 10.2. The first-order chi connectivity index (χ1) is 11.7. The molecule has 134 valence electrons. The predicted octanol–water partition coefficient (Wildman–Crippen LogP) is 2.32. The van der Waals surface area contributed by atoms with Gasteiger partial charge in [-0.05, 0) is 26.0 Å². The van der Waals surface area contributed by atoms with Crippen LogP contribution in [0.2, 0.25) is 0 Å². The van der Waals surface area contributed by atoms with Crippen LogP contribution in [0.4, 0.5) is 13.2 Å². The zero-order chi connectivity index (χ0) is 18.6. The van der Waals surface area contributed by atoms with Crippen LogP contribution in [-0.2, 0) is 9.53 Å². The number of esters is 1. The van der Waals surface area contributed by atoms with Crippen molar-refractivity contribution in [3.05, 3.63) is 47.3 Å². The maximum Gasteiger partial charge on any atom is 0.405 e. The Morgan fingerprint density at radius 1 is 1.20 bits per heavy atom. The molecule has 0 atom stereocenters. The van der Waals surface area contributed by atoms with Gasteiger partial charge in [-0.2, -0.15) is 18.3 Å². The maximum atomic E-state index is 12.2. The van der Waals surface area contributed by atoms with E-state index < -0.39 is 31.2 Å². The zero-order valence-electron chi connectivity index (χ0n) is 13.6. The van der Waals surface area contributed by atoms with Crippen LogP contribution in [0.1, 0.15) is 21.7 Å². The summed E-state index contributed by atoms with van der Waals surface area (Å²) >= 11 is 0. The number of hydrogen-bond donors (Lipinski definition) is 1. The van der Waals surface area contributed by atoms with Crippen LogP contribution in [0, 0.1) is 13.8 Å². The number of aromatic nitrogens is 2. The topological polar surface area (TPSA) is 73.2 Å². The van der Waals surface area contributed by atoms with E-state index in [1.807, 2.05) is 18.2 Å². The van der Waals surface area contributed by atoms with Gasteiger partial charge in [-0.25, -0.2) is 9.48 Å². The summed E-state index contributed by atoms with van der Waals surface area (Å²) in [6.07, 6.45) is -4.52. The first-order valence-corrected chi connectivity index (χ1v) is 7.31. The van der Waals surface area contributed by atoms with Crippen molar-refractivity contribution in [1.82, 2.24) is 15.1 Å². The molecule has 0 unspecified atom stereocenters. The van der Waals surface area contributed by atoms with E-state index in [9.17, 15) is 22.8 Å². The van der Waals surface area contributed by atoms with Crippen LogP contribution in [-0.4, -0.2) is 41.0 Å². The summed E-state index contributed by atoms with van der Waals surface area (Å²) in [6, 6.07) is 9.08. The molecule has 1 amide bonds. The van der Waals surface area contributed by atoms with Crippen LogP contribution in [0.3, 0.4) is 0 Å². The van der Waals surface area contributed by atoms with E-state index >= 15 is 0 Å². The molecule has 1 aromatic heterocycles. The largest absolute Gasteiger partial charge is 0.452 e. The molecule has 2 rings (SSSR count). The molecule has 0 saturated carbocycles. The number of rotatable bonds is 5. The second-order valence-electron chi connectivity index (χ2n) is 5.26. The van der Waals surface area contributed by atoms with Gasteiger partial charge in [0.25, 0.3) is 5.91 Å². The van der Waals surface area contributed by atoms with E-state index in [4.69, 9.17) is 4.74 Å². The average molecular weight is 355 g/mol. The SMILES string of the molecule is Cc1nn(-c2ccccc2)c(C)c1C(=O)OCC(=O)NCC(F)(F)F. The van der Waals surface area contributed by atoms with E-state index in [-0.39, 0.29) is 5.56 Å². The summed E-state index contributed by atoms with van der Waals surface area (Å²) in [6.45, 7) is 0.984. The lowest BCUT2D eigenvalue weighted by molar-refractivity contribution is -0.140. The molecule has 1 aromatic carbocycles. The highest BCUT2D eigenvalue weighted by Crippen LogP contribution is 2.18. The van der Waals surface area contributed by atoms with Gasteiger partial charge >= 0.3 is 12.1 Å². The fraction of sp³-hybridized carbons (Fsp3) is 0.312. The molecule has 6 nitrogen and oxygen atoms in total. The molecule has 0 aliphatic heterocycles. The molecule has 0 radical (unpaired) electrons. The van der Waals surface area contributed by atoms with Crippen molar-refractivity contribution in [1.29, 1.82) is 0 Å². The molecule has 1 N–H and O–H groups in total. The van der Waals surface area contributed by atoms with E-state index in [1.54, 1.807) is 36.0 Å². The summed E-state index contributed by atoms with van der Waals surface area (Å²) in [5.41, 5.74) is 1.81. The summed E-state index contributed by atoms with van der Waals surface area (Å²) < 4.78 is 42.4. The molecule has 2 aromatic rings. The number of para-hydroxylation sites is 1. The van der Waals surface area contributed by atoms with E-state index in [2.05, 4.69) is 5.10 Å². The molecular weight excluding hydrogens is 339 g/mol. The van der Waals surface area contributed by atoms with Crippen LogP contribution < -0.4 is 5.32 Å². The number of hydrogen-bond acceptors (Lipinski definition) is 4. The summed E-state index contributed by atoms with van der Waals surface area (Å²) in [4.78, 5) is 23.5. The van der Waals surface area contributed by atoms with Crippen molar-refractivity contribution >= 4 is 11.9 Å². The van der Waals surface area contributed by atoms with Crippen LogP contribution in [0.5, 0.6) is 0 Å². The normalized spacial score (nSPS) is 11.2. The number of halogens is 3. The van der Waals surface area contributed by atoms with E-state index in [0.29, 0.717) is 11.4 Å². The summed E-state index contributed by atoms with van der Waals surface area (Å²) in [7, 11) is 0. The number of aryl methyl sites for hydroxylation is 1. The number of ether oxygens (including phenoxy) is 1. The Kier molecular flexibility index (Phi) is 5.45. The Morgan fingerprint density at radius 3 is 2.44 bits per heavy atom. The molecule has 1 heterocycles.